The molecule has 0 aromatic heterocycles. The minimum Gasteiger partial charge on any atom is -0.0622 e. The Morgan fingerprint density at radius 1 is 0.317 bits per heavy atom. The summed E-state index contributed by atoms with van der Waals surface area (Å²) in [6.07, 6.45) is 0. The lowest BCUT2D eigenvalue weighted by Crippen LogP contribution is -2.21. The van der Waals surface area contributed by atoms with E-state index in [-0.39, 0.29) is 5.41 Å². The average Bonchev–Trinajstić information content (AvgIpc) is 3.02. The summed E-state index contributed by atoms with van der Waals surface area (Å²) in [4.78, 5) is 0. The molecular formula is C41H36. The first-order valence-corrected chi connectivity index (χ1v) is 14.4. The van der Waals surface area contributed by atoms with Gasteiger partial charge in [0.25, 0.3) is 0 Å². The van der Waals surface area contributed by atoms with Gasteiger partial charge < -0.3 is 0 Å². The van der Waals surface area contributed by atoms with Gasteiger partial charge in [-0.1, -0.05) is 135 Å². The van der Waals surface area contributed by atoms with Crippen LogP contribution in [0.4, 0.5) is 0 Å². The van der Waals surface area contributed by atoms with E-state index in [0.29, 0.717) is 0 Å². The largest absolute Gasteiger partial charge is 0.0622 e. The van der Waals surface area contributed by atoms with E-state index >= 15 is 0 Å². The first kappa shape index (κ1) is 26.5. The minimum atomic E-state index is -0.0679. The van der Waals surface area contributed by atoms with Gasteiger partial charge in [0.15, 0.2) is 0 Å². The lowest BCUT2D eigenvalue weighted by molar-refractivity contribution is 0.631. The van der Waals surface area contributed by atoms with Crippen molar-refractivity contribution in [2.75, 3.05) is 0 Å². The van der Waals surface area contributed by atoms with Crippen LogP contribution in [0, 0.1) is 13.8 Å². The molecule has 0 nitrogen and oxygen atoms in total. The number of hydrogen-bond acceptors (Lipinski definition) is 0. The Morgan fingerprint density at radius 3 is 1.29 bits per heavy atom. The van der Waals surface area contributed by atoms with Gasteiger partial charge in [0.1, 0.15) is 0 Å². The molecule has 0 unspecified atom stereocenters. The van der Waals surface area contributed by atoms with Gasteiger partial charge in [-0.3, -0.25) is 0 Å². The minimum absolute atomic E-state index is 0.0679. The Kier molecular flexibility index (Phi) is 7.16. The van der Waals surface area contributed by atoms with E-state index in [2.05, 4.69) is 173 Å². The second kappa shape index (κ2) is 11.1. The fraction of sp³-hybridized carbons (Fsp3) is 0.122. The summed E-state index contributed by atoms with van der Waals surface area (Å²) >= 11 is 0. The number of rotatable bonds is 6. The van der Waals surface area contributed by atoms with Crippen molar-refractivity contribution in [3.8, 4) is 44.5 Å². The molecule has 0 amide bonds. The van der Waals surface area contributed by atoms with Crippen LogP contribution in [0.3, 0.4) is 0 Å². The summed E-state index contributed by atoms with van der Waals surface area (Å²) in [7, 11) is 0. The summed E-state index contributed by atoms with van der Waals surface area (Å²) < 4.78 is 0. The molecule has 0 saturated heterocycles. The van der Waals surface area contributed by atoms with Crippen molar-refractivity contribution < 1.29 is 0 Å². The maximum Gasteiger partial charge on any atom is 0.0151 e. The molecule has 200 valence electrons. The zero-order valence-corrected chi connectivity index (χ0v) is 24.4. The van der Waals surface area contributed by atoms with E-state index < -0.39 is 0 Å². The Hall–Kier alpha value is -4.68. The van der Waals surface area contributed by atoms with Crippen LogP contribution in [-0.4, -0.2) is 0 Å². The molecule has 0 N–H and O–H groups in total. The summed E-state index contributed by atoms with van der Waals surface area (Å²) in [5.74, 6) is 0. The second-order valence-corrected chi connectivity index (χ2v) is 11.6. The molecule has 0 aliphatic heterocycles. The molecule has 0 aliphatic carbocycles. The molecule has 6 aromatic rings. The molecule has 0 bridgehead atoms. The fourth-order valence-corrected chi connectivity index (χ4v) is 6.23. The Balaban J connectivity index is 1.40. The Morgan fingerprint density at radius 2 is 0.732 bits per heavy atom. The highest BCUT2D eigenvalue weighted by Crippen LogP contribution is 2.38. The van der Waals surface area contributed by atoms with Crippen molar-refractivity contribution in [3.05, 3.63) is 168 Å². The van der Waals surface area contributed by atoms with Crippen molar-refractivity contribution in [1.82, 2.24) is 0 Å². The topological polar surface area (TPSA) is 0 Å². The van der Waals surface area contributed by atoms with Crippen molar-refractivity contribution >= 4 is 0 Å². The Labute approximate surface area is 245 Å². The summed E-state index contributed by atoms with van der Waals surface area (Å²) in [6, 6.07) is 53.0. The molecule has 0 radical (unpaired) electrons. The molecule has 6 rings (SSSR count). The first-order valence-electron chi connectivity index (χ1n) is 14.4. The van der Waals surface area contributed by atoms with Crippen molar-refractivity contribution in [1.29, 1.82) is 0 Å². The van der Waals surface area contributed by atoms with Gasteiger partial charge in [0.2, 0.25) is 0 Å². The molecule has 0 saturated carbocycles. The Bertz CT molecular complexity index is 1750. The van der Waals surface area contributed by atoms with Crippen LogP contribution in [0.5, 0.6) is 0 Å². The van der Waals surface area contributed by atoms with Gasteiger partial charge in [-0.05, 0) is 105 Å². The number of aryl methyl sites for hydroxylation is 2. The van der Waals surface area contributed by atoms with Crippen LogP contribution in [0.15, 0.2) is 146 Å². The first-order chi connectivity index (χ1) is 19.9. The maximum absolute atomic E-state index is 2.35. The lowest BCUT2D eigenvalue weighted by Gasteiger charge is -2.30. The maximum atomic E-state index is 2.35. The normalized spacial score (nSPS) is 11.4. The van der Waals surface area contributed by atoms with Crippen LogP contribution >= 0.6 is 0 Å². The van der Waals surface area contributed by atoms with Crippen LogP contribution < -0.4 is 0 Å². The number of hydrogen-bond donors (Lipinski definition) is 0. The van der Waals surface area contributed by atoms with Crippen molar-refractivity contribution in [3.63, 3.8) is 0 Å². The van der Waals surface area contributed by atoms with Gasteiger partial charge in [-0.2, -0.15) is 0 Å². The summed E-state index contributed by atoms with van der Waals surface area (Å²) in [6.45, 7) is 9.13. The summed E-state index contributed by atoms with van der Waals surface area (Å²) in [5.41, 5.74) is 15.2. The van der Waals surface area contributed by atoms with E-state index in [1.807, 2.05) is 0 Å². The van der Waals surface area contributed by atoms with Gasteiger partial charge in [-0.25, -0.2) is 0 Å². The van der Waals surface area contributed by atoms with Crippen LogP contribution in [0.2, 0.25) is 0 Å². The van der Waals surface area contributed by atoms with Gasteiger partial charge in [0.05, 0.1) is 0 Å². The molecule has 0 aliphatic rings. The van der Waals surface area contributed by atoms with Crippen LogP contribution in [-0.2, 0) is 5.41 Å². The van der Waals surface area contributed by atoms with E-state index in [0.717, 1.165) is 0 Å². The lowest BCUT2D eigenvalue weighted by atomic mass is 9.74. The second-order valence-electron chi connectivity index (χ2n) is 11.6. The SMILES string of the molecule is Cc1ccccc1C(C)(C)c1ccc(-c2cccc(-c3cc(-c4ccccc4)cc(-c4ccccc4)c3)c2)cc1C. The zero-order chi connectivity index (χ0) is 28.4. The van der Waals surface area contributed by atoms with E-state index in [1.54, 1.807) is 0 Å². The zero-order valence-electron chi connectivity index (χ0n) is 24.4. The van der Waals surface area contributed by atoms with Crippen molar-refractivity contribution in [2.45, 2.75) is 33.1 Å². The van der Waals surface area contributed by atoms with E-state index in [9.17, 15) is 0 Å². The third kappa shape index (κ3) is 5.39. The van der Waals surface area contributed by atoms with Gasteiger partial charge in [0, 0.05) is 5.41 Å². The quantitative estimate of drug-likeness (QED) is 0.202. The van der Waals surface area contributed by atoms with E-state index in [4.69, 9.17) is 0 Å². The summed E-state index contributed by atoms with van der Waals surface area (Å²) in [5, 5.41) is 0. The molecule has 0 heteroatoms. The highest BCUT2D eigenvalue weighted by atomic mass is 14.3. The molecule has 0 spiro atoms. The monoisotopic (exact) mass is 528 g/mol. The molecule has 0 heterocycles. The van der Waals surface area contributed by atoms with Gasteiger partial charge in [-0.15, -0.1) is 0 Å². The molecule has 41 heavy (non-hydrogen) atoms. The third-order valence-electron chi connectivity index (χ3n) is 8.39. The van der Waals surface area contributed by atoms with Crippen molar-refractivity contribution in [2.24, 2.45) is 0 Å². The molecule has 6 aromatic carbocycles. The molecule has 0 fully saturated rings. The van der Waals surface area contributed by atoms with Gasteiger partial charge >= 0.3 is 0 Å². The van der Waals surface area contributed by atoms with E-state index in [1.165, 1.54) is 66.8 Å². The predicted octanol–water partition coefficient (Wildman–Crippen LogP) is 11.3. The highest BCUT2D eigenvalue weighted by Gasteiger charge is 2.26. The predicted molar refractivity (Wildman–Crippen MR) is 176 cm³/mol. The smallest absolute Gasteiger partial charge is 0.0151 e. The fourth-order valence-electron chi connectivity index (χ4n) is 6.23. The third-order valence-corrected chi connectivity index (χ3v) is 8.39. The molecule has 0 atom stereocenters. The average molecular weight is 529 g/mol. The van der Waals surface area contributed by atoms with Crippen LogP contribution in [0.1, 0.15) is 36.1 Å². The number of benzene rings is 6. The van der Waals surface area contributed by atoms with Crippen LogP contribution in [0.25, 0.3) is 44.5 Å². The standard InChI is InChI=1S/C41H36/c1-29-14-11-12-21-39(29)41(3,4)40-23-22-35(24-30(40)2)33-19-13-20-34(25-33)38-27-36(31-15-7-5-8-16-31)26-37(28-38)32-17-9-6-10-18-32/h5-28H,1-4H3. The highest BCUT2D eigenvalue weighted by molar-refractivity contribution is 5.83. The molecular weight excluding hydrogens is 492 g/mol.